The third-order valence-corrected chi connectivity index (χ3v) is 5.98. The number of nitrogens with zero attached hydrogens (tertiary/aromatic N) is 3. The molecule has 4 heterocycles. The molecular weight excluding hydrogens is 448 g/mol. The molecule has 2 aromatic carbocycles. The highest BCUT2D eigenvalue weighted by Crippen LogP contribution is 2.41. The molecule has 0 spiro atoms. The molecule has 1 amide bonds. The smallest absolute Gasteiger partial charge is 0.296 e. The van der Waals surface area contributed by atoms with Gasteiger partial charge in [0.05, 0.1) is 29.4 Å². The summed E-state index contributed by atoms with van der Waals surface area (Å²) in [5, 5.41) is 11.6. The number of H-pyrrole nitrogens is 1. The summed E-state index contributed by atoms with van der Waals surface area (Å²) < 4.78 is 11.2. The fourth-order valence-corrected chi connectivity index (χ4v) is 4.37. The first-order valence-corrected chi connectivity index (χ1v) is 10.8. The zero-order valence-electron chi connectivity index (χ0n) is 18.4. The van der Waals surface area contributed by atoms with Crippen molar-refractivity contribution in [1.29, 1.82) is 0 Å². The largest absolute Gasteiger partial charge is 0.503 e. The number of fused-ring (bicyclic) bond motifs is 2. The second kappa shape index (κ2) is 7.84. The monoisotopic (exact) mass is 466 g/mol. The number of amides is 1. The third kappa shape index (κ3) is 3.17. The minimum atomic E-state index is -1.02. The van der Waals surface area contributed by atoms with Gasteiger partial charge in [0, 0.05) is 11.6 Å². The van der Waals surface area contributed by atoms with Crippen molar-refractivity contribution in [1.82, 2.24) is 15.0 Å². The van der Waals surface area contributed by atoms with Crippen molar-refractivity contribution in [3.8, 4) is 5.75 Å². The Kier molecular flexibility index (Phi) is 4.63. The molecule has 0 radical (unpaired) electrons. The maximum absolute atomic E-state index is 13.7. The van der Waals surface area contributed by atoms with E-state index in [1.54, 1.807) is 54.7 Å². The van der Waals surface area contributed by atoms with E-state index in [-0.39, 0.29) is 17.3 Å². The summed E-state index contributed by atoms with van der Waals surface area (Å²) in [4.78, 5) is 40.3. The second-order valence-corrected chi connectivity index (χ2v) is 7.99. The van der Waals surface area contributed by atoms with Crippen molar-refractivity contribution >= 4 is 39.6 Å². The van der Waals surface area contributed by atoms with Gasteiger partial charge in [0.25, 0.3) is 5.91 Å². The van der Waals surface area contributed by atoms with E-state index >= 15 is 0 Å². The first-order valence-electron chi connectivity index (χ1n) is 10.8. The number of ether oxygens (including phenoxy) is 1. The number of carbonyl (C=O) groups excluding carboxylic acids is 2. The quantitative estimate of drug-likeness (QED) is 0.366. The van der Waals surface area contributed by atoms with Gasteiger partial charge in [-0.05, 0) is 36.4 Å². The average molecular weight is 466 g/mol. The molecule has 6 rings (SSSR count). The number of ketones is 1. The van der Waals surface area contributed by atoms with Crippen LogP contribution in [0.4, 0.5) is 5.95 Å². The van der Waals surface area contributed by atoms with Crippen molar-refractivity contribution in [2.45, 2.75) is 6.04 Å². The van der Waals surface area contributed by atoms with Gasteiger partial charge in [-0.3, -0.25) is 19.5 Å². The summed E-state index contributed by atoms with van der Waals surface area (Å²) in [6, 6.07) is 18.3. The van der Waals surface area contributed by atoms with Crippen LogP contribution in [0.1, 0.15) is 22.3 Å². The summed E-state index contributed by atoms with van der Waals surface area (Å²) in [6.45, 7) is 0. The number of aliphatic hydroxyl groups excluding tert-OH is 1. The zero-order valence-corrected chi connectivity index (χ0v) is 18.4. The summed E-state index contributed by atoms with van der Waals surface area (Å²) in [5.41, 5.74) is 1.98. The number of furan rings is 1. The number of rotatable bonds is 5. The number of pyridine rings is 1. The molecule has 9 heteroatoms. The van der Waals surface area contributed by atoms with Crippen LogP contribution in [0.15, 0.2) is 88.7 Å². The molecular formula is C26H18N4O5. The minimum Gasteiger partial charge on any atom is -0.503 e. The molecule has 0 bridgehead atoms. The van der Waals surface area contributed by atoms with Crippen molar-refractivity contribution in [2.24, 2.45) is 0 Å². The number of benzene rings is 2. The number of aliphatic hydroxyl groups is 1. The summed E-state index contributed by atoms with van der Waals surface area (Å²) in [5.74, 6) is -1.47. The topological polar surface area (TPSA) is 122 Å². The molecule has 1 aliphatic heterocycles. The van der Waals surface area contributed by atoms with E-state index in [9.17, 15) is 14.7 Å². The summed E-state index contributed by atoms with van der Waals surface area (Å²) in [6.07, 6.45) is 1.56. The highest BCUT2D eigenvalue weighted by atomic mass is 16.5. The molecule has 1 unspecified atom stereocenters. The van der Waals surface area contributed by atoms with Crippen LogP contribution in [-0.4, -0.2) is 38.9 Å². The van der Waals surface area contributed by atoms with Gasteiger partial charge in [-0.15, -0.1) is 0 Å². The number of Topliss-reactive ketones (excluding diaryl/α,β-unsaturated/α-hetero) is 1. The molecule has 5 aromatic rings. The average Bonchev–Trinajstić information content (AvgIpc) is 3.58. The molecule has 35 heavy (non-hydrogen) atoms. The minimum absolute atomic E-state index is 0.0359. The SMILES string of the molecule is COc1cccc2cc(C(=O)C3=C(O)C(=O)N(c4nc5ccccc5[nH]4)C3c3ccccn3)oc12. The highest BCUT2D eigenvalue weighted by Gasteiger charge is 2.47. The van der Waals surface area contributed by atoms with Crippen LogP contribution in [0.2, 0.25) is 0 Å². The van der Waals surface area contributed by atoms with Crippen molar-refractivity contribution in [3.63, 3.8) is 0 Å². The lowest BCUT2D eigenvalue weighted by atomic mass is 9.98. The fraction of sp³-hybridized carbons (Fsp3) is 0.0769. The normalized spacial score (nSPS) is 16.0. The van der Waals surface area contributed by atoms with E-state index < -0.39 is 23.5 Å². The van der Waals surface area contributed by atoms with E-state index in [0.717, 1.165) is 0 Å². The van der Waals surface area contributed by atoms with E-state index in [2.05, 4.69) is 15.0 Å². The molecule has 0 aliphatic carbocycles. The lowest BCUT2D eigenvalue weighted by Gasteiger charge is -2.23. The van der Waals surface area contributed by atoms with Crippen LogP contribution in [0.5, 0.6) is 5.75 Å². The van der Waals surface area contributed by atoms with Crippen LogP contribution in [-0.2, 0) is 4.79 Å². The Bertz CT molecular complexity index is 1620. The molecule has 1 atom stereocenters. The van der Waals surface area contributed by atoms with Crippen LogP contribution < -0.4 is 9.64 Å². The Morgan fingerprint density at radius 3 is 2.71 bits per heavy atom. The van der Waals surface area contributed by atoms with E-state index in [0.29, 0.717) is 33.4 Å². The maximum atomic E-state index is 13.7. The second-order valence-electron chi connectivity index (χ2n) is 7.99. The number of hydrogen-bond acceptors (Lipinski definition) is 7. The predicted molar refractivity (Wildman–Crippen MR) is 127 cm³/mol. The van der Waals surface area contributed by atoms with Gasteiger partial charge in [0.1, 0.15) is 6.04 Å². The first-order chi connectivity index (χ1) is 17.1. The van der Waals surface area contributed by atoms with Gasteiger partial charge in [0.2, 0.25) is 11.7 Å². The number of aromatic amines is 1. The summed E-state index contributed by atoms with van der Waals surface area (Å²) >= 11 is 0. The highest BCUT2D eigenvalue weighted by molar-refractivity contribution is 6.20. The molecule has 3 aromatic heterocycles. The number of hydrogen-bond donors (Lipinski definition) is 2. The number of methoxy groups -OCH3 is 1. The lowest BCUT2D eigenvalue weighted by Crippen LogP contribution is -2.32. The Labute approximate surface area is 198 Å². The number of aromatic nitrogens is 3. The Morgan fingerprint density at radius 2 is 1.94 bits per heavy atom. The van der Waals surface area contributed by atoms with Gasteiger partial charge < -0.3 is 19.2 Å². The van der Waals surface area contributed by atoms with Gasteiger partial charge in [0.15, 0.2) is 22.9 Å². The number of carbonyl (C=O) groups is 2. The molecule has 9 nitrogen and oxygen atoms in total. The lowest BCUT2D eigenvalue weighted by molar-refractivity contribution is -0.117. The first kappa shape index (κ1) is 20.7. The molecule has 0 saturated carbocycles. The molecule has 172 valence electrons. The Hall–Kier alpha value is -4.92. The van der Waals surface area contributed by atoms with Crippen molar-refractivity contribution in [3.05, 3.63) is 95.7 Å². The van der Waals surface area contributed by atoms with Crippen LogP contribution in [0, 0.1) is 0 Å². The Balaban J connectivity index is 1.50. The fourth-order valence-electron chi connectivity index (χ4n) is 4.37. The molecule has 0 saturated heterocycles. The van der Waals surface area contributed by atoms with Crippen LogP contribution >= 0.6 is 0 Å². The van der Waals surface area contributed by atoms with E-state index in [1.807, 2.05) is 18.2 Å². The number of imidazole rings is 1. The Morgan fingerprint density at radius 1 is 1.11 bits per heavy atom. The van der Waals surface area contributed by atoms with Gasteiger partial charge in [-0.2, -0.15) is 0 Å². The van der Waals surface area contributed by atoms with Gasteiger partial charge >= 0.3 is 0 Å². The number of anilines is 1. The molecule has 1 aliphatic rings. The van der Waals surface area contributed by atoms with Gasteiger partial charge in [-0.1, -0.05) is 30.3 Å². The zero-order chi connectivity index (χ0) is 24.1. The maximum Gasteiger partial charge on any atom is 0.296 e. The molecule has 2 N–H and O–H groups in total. The standard InChI is InChI=1S/C26H18N4O5/c1-34-18-11-6-7-14-13-19(35-24(14)18)22(31)20-21(17-10-4-5-12-27-17)30(25(33)23(20)32)26-28-15-8-2-3-9-16(15)29-26/h2-13,21,32H,1H3,(H,28,29). The summed E-state index contributed by atoms with van der Waals surface area (Å²) in [7, 11) is 1.51. The van der Waals surface area contributed by atoms with E-state index in [1.165, 1.54) is 12.0 Å². The number of para-hydroxylation sites is 3. The number of nitrogens with one attached hydrogen (secondary N) is 1. The predicted octanol–water partition coefficient (Wildman–Crippen LogP) is 4.50. The van der Waals surface area contributed by atoms with E-state index in [4.69, 9.17) is 9.15 Å². The van der Waals surface area contributed by atoms with Crippen molar-refractivity contribution < 1.29 is 23.8 Å². The van der Waals surface area contributed by atoms with Gasteiger partial charge in [-0.25, -0.2) is 4.98 Å². The third-order valence-electron chi connectivity index (χ3n) is 5.98. The van der Waals surface area contributed by atoms with Crippen LogP contribution in [0.3, 0.4) is 0 Å². The van der Waals surface area contributed by atoms with Crippen molar-refractivity contribution in [2.75, 3.05) is 12.0 Å². The molecule has 0 fully saturated rings. The van der Waals surface area contributed by atoms with Crippen LogP contribution in [0.25, 0.3) is 22.0 Å².